The van der Waals surface area contributed by atoms with Crippen molar-refractivity contribution in [3.63, 3.8) is 0 Å². The molecule has 1 saturated heterocycles. The van der Waals surface area contributed by atoms with Gasteiger partial charge < -0.3 is 10.2 Å². The Hall–Kier alpha value is -0.320. The minimum atomic E-state index is -0.920. The van der Waals surface area contributed by atoms with Crippen LogP contribution in [0.15, 0.2) is 0 Å². The Morgan fingerprint density at radius 1 is 1.67 bits per heavy atom. The van der Waals surface area contributed by atoms with E-state index in [0.717, 1.165) is 0 Å². The Labute approximate surface area is 77.6 Å². The van der Waals surface area contributed by atoms with Gasteiger partial charge in [0, 0.05) is 6.54 Å². The zero-order valence-corrected chi connectivity index (χ0v) is 7.75. The molecule has 0 aromatic carbocycles. The third kappa shape index (κ3) is 2.09. The number of nitrogens with zero attached hydrogens (tertiary/aromatic N) is 1. The summed E-state index contributed by atoms with van der Waals surface area (Å²) in [7, 11) is 0. The van der Waals surface area contributed by atoms with Gasteiger partial charge in [0.15, 0.2) is 0 Å². The fraction of sp³-hybridized carbons (Fsp3) is 0.857. The molecule has 0 aromatic rings. The average Bonchev–Trinajstić information content (AvgIpc) is 2.30. The highest BCUT2D eigenvalue weighted by Crippen LogP contribution is 2.17. The van der Waals surface area contributed by atoms with Crippen molar-refractivity contribution in [2.45, 2.75) is 25.5 Å². The Kier molecular flexibility index (Phi) is 4.52. The summed E-state index contributed by atoms with van der Waals surface area (Å²) in [5.41, 5.74) is 0. The number of aliphatic carboxylic acids is 1. The van der Waals surface area contributed by atoms with Gasteiger partial charge >= 0.3 is 5.97 Å². The van der Waals surface area contributed by atoms with Crippen LogP contribution in [0.25, 0.3) is 0 Å². The van der Waals surface area contributed by atoms with E-state index in [1.807, 2.05) is 6.92 Å². The third-order valence-corrected chi connectivity index (χ3v) is 2.13. The lowest BCUT2D eigenvalue weighted by molar-refractivity contribution is -0.144. The number of halogens is 1. The predicted molar refractivity (Wildman–Crippen MR) is 46.5 cm³/mol. The van der Waals surface area contributed by atoms with Crippen molar-refractivity contribution in [3.8, 4) is 0 Å². The quantitative estimate of drug-likeness (QED) is 0.649. The maximum absolute atomic E-state index is 10.6. The SMILES string of the molecule is CCN1CCC(O)[C@H]1C(=O)O.Cl. The Bertz CT molecular complexity index is 165. The van der Waals surface area contributed by atoms with Crippen LogP contribution < -0.4 is 0 Å². The van der Waals surface area contributed by atoms with Crippen LogP contribution in [0.2, 0.25) is 0 Å². The van der Waals surface area contributed by atoms with E-state index in [-0.39, 0.29) is 12.4 Å². The molecule has 0 bridgehead atoms. The van der Waals surface area contributed by atoms with E-state index >= 15 is 0 Å². The van der Waals surface area contributed by atoms with E-state index in [0.29, 0.717) is 19.5 Å². The molecular weight excluding hydrogens is 182 g/mol. The molecule has 72 valence electrons. The highest BCUT2D eigenvalue weighted by molar-refractivity contribution is 5.85. The van der Waals surface area contributed by atoms with Crippen LogP contribution in [-0.4, -0.2) is 46.3 Å². The molecular formula is C7H14ClNO3. The lowest BCUT2D eigenvalue weighted by atomic mass is 10.2. The fourth-order valence-corrected chi connectivity index (χ4v) is 1.51. The number of likely N-dealkylation sites (N-methyl/N-ethyl adjacent to an activating group) is 1. The minimum absolute atomic E-state index is 0. The van der Waals surface area contributed by atoms with E-state index in [1.54, 1.807) is 4.90 Å². The van der Waals surface area contributed by atoms with Crippen LogP contribution >= 0.6 is 12.4 Å². The van der Waals surface area contributed by atoms with Crippen molar-refractivity contribution in [3.05, 3.63) is 0 Å². The van der Waals surface area contributed by atoms with Crippen LogP contribution in [0, 0.1) is 0 Å². The number of hydrogen-bond donors (Lipinski definition) is 2. The molecule has 0 aliphatic carbocycles. The van der Waals surface area contributed by atoms with Gasteiger partial charge in [0.05, 0.1) is 6.10 Å². The van der Waals surface area contributed by atoms with Crippen LogP contribution in [0.4, 0.5) is 0 Å². The van der Waals surface area contributed by atoms with E-state index in [4.69, 9.17) is 5.11 Å². The van der Waals surface area contributed by atoms with Gasteiger partial charge in [-0.15, -0.1) is 12.4 Å². The van der Waals surface area contributed by atoms with Crippen molar-refractivity contribution in [2.75, 3.05) is 13.1 Å². The first-order valence-electron chi connectivity index (χ1n) is 3.81. The molecule has 1 fully saturated rings. The minimum Gasteiger partial charge on any atom is -0.480 e. The van der Waals surface area contributed by atoms with Gasteiger partial charge in [0.2, 0.25) is 0 Å². The summed E-state index contributed by atoms with van der Waals surface area (Å²) in [6.07, 6.45) is -0.113. The second kappa shape index (κ2) is 4.64. The molecule has 1 unspecified atom stereocenters. The summed E-state index contributed by atoms with van der Waals surface area (Å²) in [4.78, 5) is 12.4. The van der Waals surface area contributed by atoms with Crippen LogP contribution in [0.5, 0.6) is 0 Å². The van der Waals surface area contributed by atoms with Crippen molar-refractivity contribution in [1.29, 1.82) is 0 Å². The second-order valence-corrected chi connectivity index (χ2v) is 2.77. The third-order valence-electron chi connectivity index (χ3n) is 2.13. The van der Waals surface area contributed by atoms with Crippen LogP contribution in [0.3, 0.4) is 0 Å². The predicted octanol–water partition coefficient (Wildman–Crippen LogP) is -0.0521. The van der Waals surface area contributed by atoms with Crippen molar-refractivity contribution >= 4 is 18.4 Å². The van der Waals surface area contributed by atoms with E-state index in [2.05, 4.69) is 0 Å². The molecule has 1 rings (SSSR count). The summed E-state index contributed by atoms with van der Waals surface area (Å²) < 4.78 is 0. The number of aliphatic hydroxyl groups is 1. The van der Waals surface area contributed by atoms with Crippen molar-refractivity contribution in [1.82, 2.24) is 4.90 Å². The number of likely N-dealkylation sites (tertiary alicyclic amines) is 1. The molecule has 5 heteroatoms. The first-order chi connectivity index (χ1) is 5.16. The van der Waals surface area contributed by atoms with Gasteiger partial charge in [-0.3, -0.25) is 9.69 Å². The summed E-state index contributed by atoms with van der Waals surface area (Å²) in [5.74, 6) is -0.920. The van der Waals surface area contributed by atoms with Gasteiger partial charge in [-0.05, 0) is 13.0 Å². The number of aliphatic hydroxyl groups excluding tert-OH is 1. The Balaban J connectivity index is 0.00000121. The number of carboxylic acids is 1. The zero-order valence-electron chi connectivity index (χ0n) is 6.93. The van der Waals surface area contributed by atoms with Gasteiger partial charge in [-0.2, -0.15) is 0 Å². The summed E-state index contributed by atoms with van der Waals surface area (Å²) in [5, 5.41) is 17.9. The highest BCUT2D eigenvalue weighted by Gasteiger charge is 2.37. The molecule has 1 aliphatic heterocycles. The smallest absolute Gasteiger partial charge is 0.323 e. The second-order valence-electron chi connectivity index (χ2n) is 2.77. The molecule has 0 amide bonds. The summed E-state index contributed by atoms with van der Waals surface area (Å²) >= 11 is 0. The molecule has 0 saturated carbocycles. The normalized spacial score (nSPS) is 29.8. The number of rotatable bonds is 2. The van der Waals surface area contributed by atoms with Crippen LogP contribution in [-0.2, 0) is 4.79 Å². The van der Waals surface area contributed by atoms with Gasteiger partial charge in [-0.25, -0.2) is 0 Å². The van der Waals surface area contributed by atoms with Crippen LogP contribution in [0.1, 0.15) is 13.3 Å². The van der Waals surface area contributed by atoms with Gasteiger partial charge in [0.1, 0.15) is 6.04 Å². The monoisotopic (exact) mass is 195 g/mol. The molecule has 2 N–H and O–H groups in total. The highest BCUT2D eigenvalue weighted by atomic mass is 35.5. The largest absolute Gasteiger partial charge is 0.480 e. The first kappa shape index (κ1) is 11.7. The van der Waals surface area contributed by atoms with Gasteiger partial charge in [0.25, 0.3) is 0 Å². The van der Waals surface area contributed by atoms with Gasteiger partial charge in [-0.1, -0.05) is 6.92 Å². The number of carboxylic acid groups (broad SMARTS) is 1. The van der Waals surface area contributed by atoms with Crippen molar-refractivity contribution < 1.29 is 15.0 Å². The zero-order chi connectivity index (χ0) is 8.43. The maximum atomic E-state index is 10.6. The molecule has 0 spiro atoms. The number of hydrogen-bond acceptors (Lipinski definition) is 3. The molecule has 1 aliphatic rings. The van der Waals surface area contributed by atoms with Crippen molar-refractivity contribution in [2.24, 2.45) is 0 Å². The lowest BCUT2D eigenvalue weighted by Gasteiger charge is -2.19. The van der Waals surface area contributed by atoms with E-state index < -0.39 is 18.1 Å². The van der Waals surface area contributed by atoms with E-state index in [1.165, 1.54) is 0 Å². The fourth-order valence-electron chi connectivity index (χ4n) is 1.51. The number of carbonyl (C=O) groups is 1. The molecule has 1 heterocycles. The molecule has 2 atom stereocenters. The average molecular weight is 196 g/mol. The molecule has 4 nitrogen and oxygen atoms in total. The Morgan fingerprint density at radius 2 is 2.25 bits per heavy atom. The molecule has 12 heavy (non-hydrogen) atoms. The summed E-state index contributed by atoms with van der Waals surface area (Å²) in [6, 6.07) is -0.681. The standard InChI is InChI=1S/C7H13NO3.ClH/c1-2-8-4-3-5(9)6(8)7(10)11;/h5-6,9H,2-4H2,1H3,(H,10,11);1H/t5?,6-;/m0./s1. The Morgan fingerprint density at radius 3 is 2.58 bits per heavy atom. The van der Waals surface area contributed by atoms with E-state index in [9.17, 15) is 9.90 Å². The topological polar surface area (TPSA) is 60.8 Å². The lowest BCUT2D eigenvalue weighted by Crippen LogP contribution is -2.41. The maximum Gasteiger partial charge on any atom is 0.323 e. The molecule has 0 aromatic heterocycles. The summed E-state index contributed by atoms with van der Waals surface area (Å²) in [6.45, 7) is 3.27. The first-order valence-corrected chi connectivity index (χ1v) is 3.81. The molecule has 0 radical (unpaired) electrons.